The molecule has 0 fully saturated rings. The molecule has 0 saturated heterocycles. The molecule has 4 nitrogen and oxygen atoms in total. The standard InChI is InChI=1S/C15H9F2N3OS/c16-11-6-5-9(7-12(11)17)8-18-20-14(21)10-3-1-2-4-13(10)19-15(20)22/h1-8H,(H,19,22)/b18-8-. The van der Waals surface area contributed by atoms with Crippen LogP contribution in [0.3, 0.4) is 0 Å². The lowest BCUT2D eigenvalue weighted by Crippen LogP contribution is -2.18. The van der Waals surface area contributed by atoms with Crippen LogP contribution in [0.25, 0.3) is 10.9 Å². The van der Waals surface area contributed by atoms with E-state index in [1.807, 2.05) is 0 Å². The van der Waals surface area contributed by atoms with Crippen molar-refractivity contribution in [1.82, 2.24) is 9.66 Å². The maximum absolute atomic E-state index is 13.1. The van der Waals surface area contributed by atoms with Crippen LogP contribution in [0.1, 0.15) is 5.56 Å². The Bertz CT molecular complexity index is 1010. The molecule has 110 valence electrons. The zero-order valence-electron chi connectivity index (χ0n) is 11.1. The molecule has 2 aromatic carbocycles. The largest absolute Gasteiger partial charge is 0.330 e. The number of halogens is 2. The van der Waals surface area contributed by atoms with Gasteiger partial charge < -0.3 is 4.98 Å². The number of fused-ring (bicyclic) bond motifs is 1. The van der Waals surface area contributed by atoms with E-state index in [2.05, 4.69) is 10.1 Å². The van der Waals surface area contributed by atoms with Crippen molar-refractivity contribution in [3.63, 3.8) is 0 Å². The van der Waals surface area contributed by atoms with Gasteiger partial charge in [-0.25, -0.2) is 8.78 Å². The first-order valence-electron chi connectivity index (χ1n) is 6.30. The van der Waals surface area contributed by atoms with Gasteiger partial charge in [-0.15, -0.1) is 0 Å². The number of benzene rings is 2. The molecule has 0 aliphatic rings. The first-order chi connectivity index (χ1) is 10.6. The number of aromatic amines is 1. The number of hydrogen-bond donors (Lipinski definition) is 1. The molecular weight excluding hydrogens is 308 g/mol. The van der Waals surface area contributed by atoms with Crippen LogP contribution in [-0.2, 0) is 0 Å². The van der Waals surface area contributed by atoms with Crippen molar-refractivity contribution >= 4 is 29.3 Å². The number of nitrogens with one attached hydrogen (secondary N) is 1. The molecule has 0 spiro atoms. The van der Waals surface area contributed by atoms with Crippen LogP contribution in [0.5, 0.6) is 0 Å². The minimum atomic E-state index is -0.986. The summed E-state index contributed by atoms with van der Waals surface area (Å²) in [5.41, 5.74) is 0.531. The third kappa shape index (κ3) is 2.58. The zero-order valence-corrected chi connectivity index (χ0v) is 11.9. The van der Waals surface area contributed by atoms with Crippen LogP contribution in [0.4, 0.5) is 8.78 Å². The van der Waals surface area contributed by atoms with Crippen molar-refractivity contribution in [3.05, 3.63) is 74.8 Å². The molecule has 0 radical (unpaired) electrons. The molecule has 0 saturated carbocycles. The van der Waals surface area contributed by atoms with Gasteiger partial charge in [-0.05, 0) is 42.0 Å². The molecule has 1 heterocycles. The minimum absolute atomic E-state index is 0.113. The molecule has 0 aliphatic carbocycles. The lowest BCUT2D eigenvalue weighted by atomic mass is 10.2. The fourth-order valence-corrected chi connectivity index (χ4v) is 2.22. The van der Waals surface area contributed by atoms with Gasteiger partial charge in [-0.1, -0.05) is 18.2 Å². The van der Waals surface area contributed by atoms with Crippen LogP contribution in [0.15, 0.2) is 52.4 Å². The first kappa shape index (κ1) is 14.3. The summed E-state index contributed by atoms with van der Waals surface area (Å²) in [6, 6.07) is 10.2. The quantitative estimate of drug-likeness (QED) is 0.583. The zero-order chi connectivity index (χ0) is 15.7. The fraction of sp³-hybridized carbons (Fsp3) is 0. The van der Waals surface area contributed by atoms with E-state index < -0.39 is 17.2 Å². The summed E-state index contributed by atoms with van der Waals surface area (Å²) < 4.78 is 27.1. The number of H-pyrrole nitrogens is 1. The molecule has 3 aromatic rings. The third-order valence-electron chi connectivity index (χ3n) is 3.05. The number of rotatable bonds is 2. The molecule has 3 rings (SSSR count). The maximum atomic E-state index is 13.1. The number of nitrogens with zero attached hydrogens (tertiary/aromatic N) is 2. The van der Waals surface area contributed by atoms with Gasteiger partial charge >= 0.3 is 0 Å². The number of aromatic nitrogens is 2. The lowest BCUT2D eigenvalue weighted by Gasteiger charge is -2.02. The minimum Gasteiger partial charge on any atom is -0.330 e. The van der Waals surface area contributed by atoms with E-state index in [0.29, 0.717) is 16.5 Å². The van der Waals surface area contributed by atoms with Crippen LogP contribution < -0.4 is 5.56 Å². The van der Waals surface area contributed by atoms with E-state index in [4.69, 9.17) is 12.2 Å². The fourth-order valence-electron chi connectivity index (χ4n) is 1.98. The number of hydrogen-bond acceptors (Lipinski definition) is 3. The van der Waals surface area contributed by atoms with Crippen molar-refractivity contribution in [2.75, 3.05) is 0 Å². The molecule has 0 amide bonds. The molecule has 1 N–H and O–H groups in total. The molecule has 0 atom stereocenters. The molecule has 0 bridgehead atoms. The van der Waals surface area contributed by atoms with Crippen molar-refractivity contribution in [2.45, 2.75) is 0 Å². The van der Waals surface area contributed by atoms with Crippen LogP contribution in [-0.4, -0.2) is 15.9 Å². The summed E-state index contributed by atoms with van der Waals surface area (Å²) in [5.74, 6) is -1.93. The van der Waals surface area contributed by atoms with E-state index in [0.717, 1.165) is 16.8 Å². The summed E-state index contributed by atoms with van der Waals surface area (Å²) in [4.78, 5) is 15.2. The van der Waals surface area contributed by atoms with Crippen LogP contribution in [0, 0.1) is 16.4 Å². The second-order valence-corrected chi connectivity index (χ2v) is 4.90. The lowest BCUT2D eigenvalue weighted by molar-refractivity contribution is 0.508. The summed E-state index contributed by atoms with van der Waals surface area (Å²) in [5, 5.41) is 4.38. The molecule has 22 heavy (non-hydrogen) atoms. The van der Waals surface area contributed by atoms with E-state index in [-0.39, 0.29) is 4.77 Å². The normalized spacial score (nSPS) is 11.4. The molecule has 1 aromatic heterocycles. The van der Waals surface area contributed by atoms with Gasteiger partial charge in [0.2, 0.25) is 4.77 Å². The first-order valence-corrected chi connectivity index (χ1v) is 6.70. The van der Waals surface area contributed by atoms with Gasteiger partial charge in [0.1, 0.15) is 0 Å². The summed E-state index contributed by atoms with van der Waals surface area (Å²) in [6.45, 7) is 0. The van der Waals surface area contributed by atoms with Crippen molar-refractivity contribution in [1.29, 1.82) is 0 Å². The average molecular weight is 317 g/mol. The smallest absolute Gasteiger partial charge is 0.282 e. The predicted molar refractivity (Wildman–Crippen MR) is 82.7 cm³/mol. The molecule has 7 heteroatoms. The van der Waals surface area contributed by atoms with Gasteiger partial charge in [0.05, 0.1) is 17.1 Å². The van der Waals surface area contributed by atoms with Gasteiger partial charge in [0.25, 0.3) is 5.56 Å². The van der Waals surface area contributed by atoms with Crippen LogP contribution in [0.2, 0.25) is 0 Å². The highest BCUT2D eigenvalue weighted by Gasteiger charge is 2.04. The maximum Gasteiger partial charge on any atom is 0.282 e. The summed E-state index contributed by atoms with van der Waals surface area (Å²) >= 11 is 5.09. The van der Waals surface area contributed by atoms with Gasteiger partial charge in [0.15, 0.2) is 11.6 Å². The molecule has 0 aliphatic heterocycles. The average Bonchev–Trinajstić information content (AvgIpc) is 2.50. The Labute approximate surface area is 128 Å². The van der Waals surface area contributed by atoms with Crippen LogP contribution >= 0.6 is 12.2 Å². The third-order valence-corrected chi connectivity index (χ3v) is 3.32. The second-order valence-electron chi connectivity index (χ2n) is 4.51. The highest BCUT2D eigenvalue weighted by molar-refractivity contribution is 7.71. The van der Waals surface area contributed by atoms with Gasteiger partial charge in [0, 0.05) is 0 Å². The predicted octanol–water partition coefficient (Wildman–Crippen LogP) is 3.22. The Morgan fingerprint density at radius 3 is 2.68 bits per heavy atom. The summed E-state index contributed by atoms with van der Waals surface area (Å²) in [6.07, 6.45) is 1.24. The highest BCUT2D eigenvalue weighted by Crippen LogP contribution is 2.08. The second kappa shape index (κ2) is 5.61. The van der Waals surface area contributed by atoms with Gasteiger partial charge in [-0.2, -0.15) is 9.78 Å². The Kier molecular flexibility index (Phi) is 3.64. The van der Waals surface area contributed by atoms with Crippen molar-refractivity contribution in [3.8, 4) is 0 Å². The van der Waals surface area contributed by atoms with E-state index in [9.17, 15) is 13.6 Å². The van der Waals surface area contributed by atoms with E-state index >= 15 is 0 Å². The number of para-hydroxylation sites is 1. The Morgan fingerprint density at radius 1 is 1.14 bits per heavy atom. The van der Waals surface area contributed by atoms with E-state index in [1.165, 1.54) is 12.3 Å². The monoisotopic (exact) mass is 317 g/mol. The Morgan fingerprint density at radius 2 is 1.91 bits per heavy atom. The molecular formula is C15H9F2N3OS. The Hall–Kier alpha value is -2.67. The van der Waals surface area contributed by atoms with Gasteiger partial charge in [-0.3, -0.25) is 4.79 Å². The highest BCUT2D eigenvalue weighted by atomic mass is 32.1. The van der Waals surface area contributed by atoms with Crippen molar-refractivity contribution < 1.29 is 8.78 Å². The van der Waals surface area contributed by atoms with Crippen molar-refractivity contribution in [2.24, 2.45) is 5.10 Å². The topological polar surface area (TPSA) is 50.1 Å². The van der Waals surface area contributed by atoms with E-state index in [1.54, 1.807) is 24.3 Å². The SMILES string of the molecule is O=c1c2ccccc2[nH]c(=S)n1/N=C\c1ccc(F)c(F)c1. The molecule has 0 unspecified atom stereocenters. The Balaban J connectivity index is 2.10. The summed E-state index contributed by atoms with van der Waals surface area (Å²) in [7, 11) is 0.